The Morgan fingerprint density at radius 1 is 0.889 bits per heavy atom. The van der Waals surface area contributed by atoms with Crippen LogP contribution in [0.1, 0.15) is 22.8 Å². The predicted octanol–water partition coefficient (Wildman–Crippen LogP) is 3.13. The molecular weight excluding hydrogens is 336 g/mol. The fourth-order valence-corrected chi connectivity index (χ4v) is 3.70. The van der Waals surface area contributed by atoms with Gasteiger partial charge in [0.2, 0.25) is 0 Å². The Kier molecular flexibility index (Phi) is 5.49. The third-order valence-corrected chi connectivity index (χ3v) is 5.22. The van der Waals surface area contributed by atoms with Crippen molar-refractivity contribution in [3.8, 4) is 5.75 Å². The summed E-state index contributed by atoms with van der Waals surface area (Å²) in [5.41, 5.74) is 2.64. The molecule has 0 radical (unpaired) electrons. The molecule has 0 fully saturated rings. The Bertz CT molecular complexity index is 875. The number of benzene rings is 2. The molecule has 0 saturated heterocycles. The minimum Gasteiger partial charge on any atom is -0.497 e. The van der Waals surface area contributed by atoms with Crippen LogP contribution in [0.3, 0.4) is 0 Å². The quantitative estimate of drug-likeness (QED) is 0.676. The molecule has 3 aromatic rings. The third kappa shape index (κ3) is 4.37. The van der Waals surface area contributed by atoms with Gasteiger partial charge in [-0.25, -0.2) is 0 Å². The Hall–Kier alpha value is -2.66. The minimum atomic E-state index is 0.919. The zero-order valence-electron chi connectivity index (χ0n) is 15.8. The smallest absolute Gasteiger partial charge is 0.134 e. The van der Waals surface area contributed by atoms with Crippen molar-refractivity contribution >= 4 is 0 Å². The van der Waals surface area contributed by atoms with Crippen LogP contribution in [0.5, 0.6) is 5.75 Å². The largest absolute Gasteiger partial charge is 0.497 e. The summed E-state index contributed by atoms with van der Waals surface area (Å²) >= 11 is 0. The van der Waals surface area contributed by atoms with Crippen molar-refractivity contribution in [2.24, 2.45) is 0 Å². The molecule has 2 heterocycles. The maximum absolute atomic E-state index is 5.35. The lowest BCUT2D eigenvalue weighted by molar-refractivity contribution is 0.270. The number of methoxy groups -OCH3 is 1. The fourth-order valence-electron chi connectivity index (χ4n) is 3.70. The number of nitrogens with zero attached hydrogens (tertiary/aromatic N) is 4. The van der Waals surface area contributed by atoms with Crippen molar-refractivity contribution in [1.29, 1.82) is 0 Å². The van der Waals surface area contributed by atoms with Gasteiger partial charge in [0.05, 0.1) is 7.11 Å². The minimum absolute atomic E-state index is 0.919. The Morgan fingerprint density at radius 3 is 2.59 bits per heavy atom. The Labute approximate surface area is 160 Å². The van der Waals surface area contributed by atoms with E-state index in [2.05, 4.69) is 68.2 Å². The van der Waals surface area contributed by atoms with Crippen LogP contribution in [0.2, 0.25) is 0 Å². The Morgan fingerprint density at radius 2 is 1.74 bits per heavy atom. The van der Waals surface area contributed by atoms with Gasteiger partial charge in [0.15, 0.2) is 0 Å². The van der Waals surface area contributed by atoms with Crippen LogP contribution < -0.4 is 4.74 Å². The average molecular weight is 362 g/mol. The molecular formula is C22H26N4O. The molecule has 0 spiro atoms. The van der Waals surface area contributed by atoms with Crippen LogP contribution in [0.15, 0.2) is 54.6 Å². The first-order valence-corrected chi connectivity index (χ1v) is 9.62. The van der Waals surface area contributed by atoms with Crippen molar-refractivity contribution in [2.75, 3.05) is 20.2 Å². The SMILES string of the molecule is COc1cccc(CN2CCc3nnc(CCc4ccccc4)n3CC2)c1. The molecule has 0 amide bonds. The van der Waals surface area contributed by atoms with E-state index in [4.69, 9.17) is 4.74 Å². The summed E-state index contributed by atoms with van der Waals surface area (Å²) in [6, 6.07) is 18.9. The molecule has 4 rings (SSSR count). The molecule has 1 aliphatic rings. The molecule has 27 heavy (non-hydrogen) atoms. The molecule has 0 aliphatic carbocycles. The molecule has 0 unspecified atom stereocenters. The molecule has 140 valence electrons. The van der Waals surface area contributed by atoms with E-state index in [1.165, 1.54) is 11.1 Å². The van der Waals surface area contributed by atoms with Crippen molar-refractivity contribution in [1.82, 2.24) is 19.7 Å². The molecule has 0 saturated carbocycles. The lowest BCUT2D eigenvalue weighted by atomic mass is 10.1. The fraction of sp³-hybridized carbons (Fsp3) is 0.364. The number of rotatable bonds is 6. The maximum atomic E-state index is 5.35. The highest BCUT2D eigenvalue weighted by molar-refractivity contribution is 5.28. The summed E-state index contributed by atoms with van der Waals surface area (Å²) in [6.45, 7) is 3.92. The van der Waals surface area contributed by atoms with E-state index in [1.807, 2.05) is 6.07 Å². The van der Waals surface area contributed by atoms with E-state index in [0.717, 1.165) is 62.8 Å². The molecule has 0 N–H and O–H groups in total. The van der Waals surface area contributed by atoms with Gasteiger partial charge in [0.25, 0.3) is 0 Å². The highest BCUT2D eigenvalue weighted by atomic mass is 16.5. The molecule has 1 aliphatic heterocycles. The number of aromatic nitrogens is 3. The van der Waals surface area contributed by atoms with Crippen LogP contribution >= 0.6 is 0 Å². The second-order valence-electron chi connectivity index (χ2n) is 7.05. The number of hydrogen-bond donors (Lipinski definition) is 0. The van der Waals surface area contributed by atoms with Crippen LogP contribution in [0.25, 0.3) is 0 Å². The molecule has 5 nitrogen and oxygen atoms in total. The summed E-state index contributed by atoms with van der Waals surface area (Å²) in [6.07, 6.45) is 2.89. The first-order valence-electron chi connectivity index (χ1n) is 9.62. The zero-order valence-corrected chi connectivity index (χ0v) is 15.8. The zero-order chi connectivity index (χ0) is 18.5. The number of hydrogen-bond acceptors (Lipinski definition) is 4. The standard InChI is InChI=1S/C22H26N4O/c1-27-20-9-5-8-19(16-20)17-25-13-12-22-24-23-21(26(22)15-14-25)11-10-18-6-3-2-4-7-18/h2-9,16H,10-15,17H2,1H3. The van der Waals surface area contributed by atoms with E-state index in [-0.39, 0.29) is 0 Å². The maximum Gasteiger partial charge on any atom is 0.134 e. The number of aryl methyl sites for hydroxylation is 2. The molecule has 5 heteroatoms. The first-order chi connectivity index (χ1) is 13.3. The second-order valence-corrected chi connectivity index (χ2v) is 7.05. The summed E-state index contributed by atoms with van der Waals surface area (Å²) in [7, 11) is 1.72. The van der Waals surface area contributed by atoms with Crippen LogP contribution in [-0.2, 0) is 32.4 Å². The van der Waals surface area contributed by atoms with Gasteiger partial charge in [-0.2, -0.15) is 0 Å². The predicted molar refractivity (Wildman–Crippen MR) is 106 cm³/mol. The lowest BCUT2D eigenvalue weighted by Gasteiger charge is -2.20. The topological polar surface area (TPSA) is 43.2 Å². The number of fused-ring (bicyclic) bond motifs is 1. The van der Waals surface area contributed by atoms with Gasteiger partial charge in [-0.1, -0.05) is 42.5 Å². The lowest BCUT2D eigenvalue weighted by Crippen LogP contribution is -2.26. The molecule has 2 aromatic carbocycles. The van der Waals surface area contributed by atoms with Crippen molar-refractivity contribution < 1.29 is 4.74 Å². The van der Waals surface area contributed by atoms with Gasteiger partial charge in [-0.3, -0.25) is 4.90 Å². The van der Waals surface area contributed by atoms with Gasteiger partial charge in [0.1, 0.15) is 17.4 Å². The summed E-state index contributed by atoms with van der Waals surface area (Å²) in [5.74, 6) is 3.14. The van der Waals surface area contributed by atoms with E-state index in [1.54, 1.807) is 7.11 Å². The third-order valence-electron chi connectivity index (χ3n) is 5.22. The van der Waals surface area contributed by atoms with E-state index in [9.17, 15) is 0 Å². The summed E-state index contributed by atoms with van der Waals surface area (Å²) in [5, 5.41) is 8.93. The average Bonchev–Trinajstić information content (AvgIpc) is 3.00. The van der Waals surface area contributed by atoms with E-state index < -0.39 is 0 Å². The summed E-state index contributed by atoms with van der Waals surface area (Å²) in [4.78, 5) is 2.49. The highest BCUT2D eigenvalue weighted by Crippen LogP contribution is 2.17. The molecule has 0 bridgehead atoms. The van der Waals surface area contributed by atoms with Crippen molar-refractivity contribution in [2.45, 2.75) is 32.4 Å². The molecule has 0 atom stereocenters. The Balaban J connectivity index is 1.39. The normalized spacial score (nSPS) is 14.6. The first kappa shape index (κ1) is 17.7. The van der Waals surface area contributed by atoms with Crippen molar-refractivity contribution in [3.05, 3.63) is 77.4 Å². The second kappa shape index (κ2) is 8.35. The monoisotopic (exact) mass is 362 g/mol. The van der Waals surface area contributed by atoms with Crippen LogP contribution in [-0.4, -0.2) is 39.9 Å². The molecule has 1 aromatic heterocycles. The van der Waals surface area contributed by atoms with Crippen LogP contribution in [0, 0.1) is 0 Å². The van der Waals surface area contributed by atoms with E-state index in [0.29, 0.717) is 0 Å². The number of ether oxygens (including phenoxy) is 1. The highest BCUT2D eigenvalue weighted by Gasteiger charge is 2.18. The summed E-state index contributed by atoms with van der Waals surface area (Å²) < 4.78 is 7.67. The van der Waals surface area contributed by atoms with Gasteiger partial charge in [0, 0.05) is 39.0 Å². The van der Waals surface area contributed by atoms with Crippen LogP contribution in [0.4, 0.5) is 0 Å². The van der Waals surface area contributed by atoms with Gasteiger partial charge in [-0.15, -0.1) is 10.2 Å². The van der Waals surface area contributed by atoms with E-state index >= 15 is 0 Å². The van der Waals surface area contributed by atoms with Gasteiger partial charge < -0.3 is 9.30 Å². The van der Waals surface area contributed by atoms with Gasteiger partial charge >= 0.3 is 0 Å². The van der Waals surface area contributed by atoms with Gasteiger partial charge in [-0.05, 0) is 29.7 Å². The van der Waals surface area contributed by atoms with Crippen molar-refractivity contribution in [3.63, 3.8) is 0 Å².